The summed E-state index contributed by atoms with van der Waals surface area (Å²) in [6.07, 6.45) is 2.84. The first-order valence-electron chi connectivity index (χ1n) is 9.62. The van der Waals surface area contributed by atoms with Gasteiger partial charge in [-0.2, -0.15) is 0 Å². The lowest BCUT2D eigenvalue weighted by Crippen LogP contribution is -2.50. The van der Waals surface area contributed by atoms with Gasteiger partial charge in [-0.05, 0) is 37.3 Å². The summed E-state index contributed by atoms with van der Waals surface area (Å²) in [6.45, 7) is 5.67. The third-order valence-corrected chi connectivity index (χ3v) is 4.52. The summed E-state index contributed by atoms with van der Waals surface area (Å²) in [5.74, 6) is -3.55. The van der Waals surface area contributed by atoms with Crippen molar-refractivity contribution in [1.82, 2.24) is 10.6 Å². The minimum Gasteiger partial charge on any atom is -0.379 e. The Balaban J connectivity index is 1.77. The molecule has 2 atom stereocenters. The first-order valence-corrected chi connectivity index (χ1v) is 9.62. The van der Waals surface area contributed by atoms with E-state index in [-0.39, 0.29) is 12.0 Å². The molecule has 1 saturated heterocycles. The zero-order chi connectivity index (χ0) is 20.5. The third kappa shape index (κ3) is 6.53. The number of amides is 2. The molecule has 1 heterocycles. The van der Waals surface area contributed by atoms with Crippen LogP contribution >= 0.6 is 0 Å². The molecule has 2 amide bonds. The minimum absolute atomic E-state index is 0.161. The van der Waals surface area contributed by atoms with E-state index in [1.807, 2.05) is 0 Å². The third-order valence-electron chi connectivity index (χ3n) is 4.52. The van der Waals surface area contributed by atoms with Crippen LogP contribution in [0.25, 0.3) is 0 Å². The van der Waals surface area contributed by atoms with Gasteiger partial charge in [-0.3, -0.25) is 9.59 Å². The molecular formula is C20H28F2N2O4. The molecule has 8 heteroatoms. The molecule has 1 fully saturated rings. The number of benzene rings is 1. The summed E-state index contributed by atoms with van der Waals surface area (Å²) in [5.41, 5.74) is -0.691. The monoisotopic (exact) mass is 398 g/mol. The fourth-order valence-corrected chi connectivity index (χ4v) is 2.95. The largest absolute Gasteiger partial charge is 0.379 e. The molecule has 0 saturated carbocycles. The lowest BCUT2D eigenvalue weighted by molar-refractivity contribution is -0.124. The van der Waals surface area contributed by atoms with E-state index < -0.39 is 35.1 Å². The number of nitrogens with one attached hydrogen (secondary N) is 2. The normalized spacial score (nSPS) is 17.5. The molecule has 2 N–H and O–H groups in total. The Kier molecular flexibility index (Phi) is 8.79. The fraction of sp³-hybridized carbons (Fsp3) is 0.600. The quantitative estimate of drug-likeness (QED) is 0.594. The molecule has 28 heavy (non-hydrogen) atoms. The molecule has 0 bridgehead atoms. The maximum Gasteiger partial charge on any atom is 0.257 e. The standard InChI is InChI=1S/C20H28F2N2O4/c1-13(2)18(24-19(25)17-15(21)7-3-8-16(17)22)20(26)23-9-5-10-27-12-14-6-4-11-28-14/h3,7-8,13-14,18H,4-6,9-12H2,1-2H3,(H,23,26)(H,24,25). The number of hydrogen-bond donors (Lipinski definition) is 2. The van der Waals surface area contributed by atoms with Gasteiger partial charge in [-0.1, -0.05) is 19.9 Å². The second-order valence-electron chi connectivity index (χ2n) is 7.15. The summed E-state index contributed by atoms with van der Waals surface area (Å²) < 4.78 is 38.5. The average Bonchev–Trinajstić information content (AvgIpc) is 3.15. The molecule has 0 aliphatic carbocycles. The highest BCUT2D eigenvalue weighted by atomic mass is 19.1. The molecule has 156 valence electrons. The number of carbonyl (C=O) groups excluding carboxylic acids is 2. The molecular weight excluding hydrogens is 370 g/mol. The van der Waals surface area contributed by atoms with Gasteiger partial charge in [0.05, 0.1) is 12.7 Å². The maximum atomic E-state index is 13.8. The highest BCUT2D eigenvalue weighted by Crippen LogP contribution is 2.13. The zero-order valence-electron chi connectivity index (χ0n) is 16.3. The summed E-state index contributed by atoms with van der Waals surface area (Å²) in [7, 11) is 0. The van der Waals surface area contributed by atoms with Crippen molar-refractivity contribution in [2.75, 3.05) is 26.4 Å². The average molecular weight is 398 g/mol. The van der Waals surface area contributed by atoms with Crippen molar-refractivity contribution in [2.24, 2.45) is 5.92 Å². The Bertz CT molecular complexity index is 643. The van der Waals surface area contributed by atoms with Crippen molar-refractivity contribution in [2.45, 2.75) is 45.3 Å². The van der Waals surface area contributed by atoms with Crippen LogP contribution < -0.4 is 10.6 Å². The second-order valence-corrected chi connectivity index (χ2v) is 7.15. The predicted molar refractivity (Wildman–Crippen MR) is 99.9 cm³/mol. The van der Waals surface area contributed by atoms with Gasteiger partial charge in [-0.25, -0.2) is 8.78 Å². The molecule has 1 aromatic carbocycles. The number of ether oxygens (including phenoxy) is 2. The van der Waals surface area contributed by atoms with E-state index in [9.17, 15) is 18.4 Å². The van der Waals surface area contributed by atoms with Crippen LogP contribution in [0.2, 0.25) is 0 Å². The maximum absolute atomic E-state index is 13.8. The number of carbonyl (C=O) groups is 2. The Labute approximate surface area is 164 Å². The van der Waals surface area contributed by atoms with Crippen LogP contribution in [-0.4, -0.2) is 50.3 Å². The van der Waals surface area contributed by atoms with Gasteiger partial charge >= 0.3 is 0 Å². The second kappa shape index (κ2) is 11.1. The smallest absolute Gasteiger partial charge is 0.257 e. The predicted octanol–water partition coefficient (Wildman–Crippen LogP) is 2.42. The van der Waals surface area contributed by atoms with Gasteiger partial charge < -0.3 is 20.1 Å². The Morgan fingerprint density at radius 1 is 1.29 bits per heavy atom. The first-order chi connectivity index (χ1) is 13.4. The Morgan fingerprint density at radius 2 is 2.00 bits per heavy atom. The van der Waals surface area contributed by atoms with Crippen molar-refractivity contribution < 1.29 is 27.8 Å². The van der Waals surface area contributed by atoms with E-state index in [0.29, 0.717) is 26.2 Å². The SMILES string of the molecule is CC(C)C(NC(=O)c1c(F)cccc1F)C(=O)NCCCOCC1CCCO1. The number of hydrogen-bond acceptors (Lipinski definition) is 4. The number of halogens is 2. The summed E-state index contributed by atoms with van der Waals surface area (Å²) in [6, 6.07) is 2.27. The molecule has 2 unspecified atom stereocenters. The molecule has 1 aromatic rings. The Hall–Kier alpha value is -2.06. The van der Waals surface area contributed by atoms with Crippen molar-refractivity contribution in [3.8, 4) is 0 Å². The van der Waals surface area contributed by atoms with Gasteiger partial charge in [0.2, 0.25) is 5.91 Å². The summed E-state index contributed by atoms with van der Waals surface area (Å²) in [5, 5.41) is 5.15. The van der Waals surface area contributed by atoms with Crippen LogP contribution in [0.15, 0.2) is 18.2 Å². The van der Waals surface area contributed by atoms with E-state index in [2.05, 4.69) is 10.6 Å². The van der Waals surface area contributed by atoms with Crippen molar-refractivity contribution in [3.05, 3.63) is 35.4 Å². The van der Waals surface area contributed by atoms with Crippen LogP contribution in [-0.2, 0) is 14.3 Å². The van der Waals surface area contributed by atoms with Gasteiger partial charge in [0, 0.05) is 19.8 Å². The van der Waals surface area contributed by atoms with Crippen LogP contribution in [0, 0.1) is 17.6 Å². The highest BCUT2D eigenvalue weighted by molar-refractivity contribution is 5.98. The molecule has 0 spiro atoms. The highest BCUT2D eigenvalue weighted by Gasteiger charge is 2.27. The van der Waals surface area contributed by atoms with Crippen LogP contribution in [0.1, 0.15) is 43.5 Å². The van der Waals surface area contributed by atoms with E-state index in [0.717, 1.165) is 31.6 Å². The lowest BCUT2D eigenvalue weighted by Gasteiger charge is -2.22. The molecule has 2 rings (SSSR count). The van der Waals surface area contributed by atoms with Crippen LogP contribution in [0.3, 0.4) is 0 Å². The van der Waals surface area contributed by atoms with Gasteiger partial charge in [0.1, 0.15) is 23.2 Å². The molecule has 0 aromatic heterocycles. The van der Waals surface area contributed by atoms with E-state index in [4.69, 9.17) is 9.47 Å². The number of rotatable bonds is 10. The molecule has 1 aliphatic heterocycles. The van der Waals surface area contributed by atoms with Crippen molar-refractivity contribution in [3.63, 3.8) is 0 Å². The molecule has 1 aliphatic rings. The molecule has 6 nitrogen and oxygen atoms in total. The van der Waals surface area contributed by atoms with Crippen LogP contribution in [0.5, 0.6) is 0 Å². The van der Waals surface area contributed by atoms with Gasteiger partial charge in [-0.15, -0.1) is 0 Å². The van der Waals surface area contributed by atoms with E-state index in [1.54, 1.807) is 13.8 Å². The molecule has 0 radical (unpaired) electrons. The summed E-state index contributed by atoms with van der Waals surface area (Å²) in [4.78, 5) is 24.6. The summed E-state index contributed by atoms with van der Waals surface area (Å²) >= 11 is 0. The lowest BCUT2D eigenvalue weighted by atomic mass is 10.0. The van der Waals surface area contributed by atoms with Gasteiger partial charge in [0.15, 0.2) is 0 Å². The van der Waals surface area contributed by atoms with Crippen molar-refractivity contribution >= 4 is 11.8 Å². The topological polar surface area (TPSA) is 76.7 Å². The van der Waals surface area contributed by atoms with Crippen LogP contribution in [0.4, 0.5) is 8.78 Å². The Morgan fingerprint density at radius 3 is 2.61 bits per heavy atom. The first kappa shape index (κ1) is 22.2. The van der Waals surface area contributed by atoms with E-state index >= 15 is 0 Å². The minimum atomic E-state index is -0.969. The van der Waals surface area contributed by atoms with Gasteiger partial charge in [0.25, 0.3) is 5.91 Å². The zero-order valence-corrected chi connectivity index (χ0v) is 16.3. The van der Waals surface area contributed by atoms with E-state index in [1.165, 1.54) is 6.07 Å². The van der Waals surface area contributed by atoms with Crippen molar-refractivity contribution in [1.29, 1.82) is 0 Å². The fourth-order valence-electron chi connectivity index (χ4n) is 2.95.